The summed E-state index contributed by atoms with van der Waals surface area (Å²) in [5.41, 5.74) is 9.16. The first-order valence-corrected chi connectivity index (χ1v) is 8.66. The summed E-state index contributed by atoms with van der Waals surface area (Å²) in [6.45, 7) is 7.23. The zero-order valence-electron chi connectivity index (χ0n) is 13.6. The van der Waals surface area contributed by atoms with Gasteiger partial charge in [-0.1, -0.05) is 19.9 Å². The maximum Gasteiger partial charge on any atom is 0.248 e. The van der Waals surface area contributed by atoms with Gasteiger partial charge in [0.05, 0.1) is 0 Å². The normalized spacial score (nSPS) is 34.3. The molecule has 22 heavy (non-hydrogen) atoms. The Morgan fingerprint density at radius 3 is 2.86 bits per heavy atom. The van der Waals surface area contributed by atoms with Crippen LogP contribution in [0.3, 0.4) is 0 Å². The number of benzene rings is 1. The van der Waals surface area contributed by atoms with Crippen molar-refractivity contribution in [3.63, 3.8) is 0 Å². The van der Waals surface area contributed by atoms with Crippen LogP contribution < -0.4 is 5.73 Å². The highest BCUT2D eigenvalue weighted by atomic mass is 16.1. The second kappa shape index (κ2) is 4.82. The average molecular weight is 298 g/mol. The second-order valence-electron chi connectivity index (χ2n) is 7.98. The summed E-state index contributed by atoms with van der Waals surface area (Å²) in [6, 6.07) is 6.80. The molecule has 1 amide bonds. The Morgan fingerprint density at radius 2 is 2.18 bits per heavy atom. The van der Waals surface area contributed by atoms with Crippen LogP contribution >= 0.6 is 0 Å². The quantitative estimate of drug-likeness (QED) is 0.932. The number of carbonyl (C=O) groups is 1. The molecule has 1 saturated carbocycles. The van der Waals surface area contributed by atoms with Crippen molar-refractivity contribution in [3.05, 3.63) is 34.9 Å². The lowest BCUT2D eigenvalue weighted by atomic mass is 9.61. The van der Waals surface area contributed by atoms with E-state index in [2.05, 4.69) is 30.9 Å². The summed E-state index contributed by atoms with van der Waals surface area (Å²) in [6.07, 6.45) is 5.26. The number of amides is 1. The molecule has 1 heterocycles. The van der Waals surface area contributed by atoms with E-state index in [1.54, 1.807) is 0 Å². The number of piperidine rings is 1. The molecule has 0 spiro atoms. The molecule has 2 bridgehead atoms. The number of nitrogens with zero attached hydrogens (tertiary/aromatic N) is 1. The molecule has 1 saturated heterocycles. The highest BCUT2D eigenvalue weighted by Gasteiger charge is 2.46. The van der Waals surface area contributed by atoms with Gasteiger partial charge in [0, 0.05) is 18.2 Å². The molecule has 3 aliphatic rings. The molecule has 2 fully saturated rings. The van der Waals surface area contributed by atoms with E-state index in [-0.39, 0.29) is 11.3 Å². The Kier molecular flexibility index (Phi) is 3.12. The Bertz CT molecular complexity index is 622. The fraction of sp³-hybridized carbons (Fsp3) is 0.632. The third-order valence-electron chi connectivity index (χ3n) is 6.32. The Balaban J connectivity index is 1.72. The Morgan fingerprint density at radius 1 is 1.41 bits per heavy atom. The molecule has 1 aromatic rings. The molecular weight excluding hydrogens is 272 g/mol. The number of carbonyl (C=O) groups excluding carboxylic acids is 1. The molecule has 2 N–H and O–H groups in total. The molecule has 0 aromatic heterocycles. The van der Waals surface area contributed by atoms with Crippen LogP contribution in [0.1, 0.15) is 66.9 Å². The third kappa shape index (κ3) is 2.18. The van der Waals surface area contributed by atoms with Gasteiger partial charge in [0.15, 0.2) is 0 Å². The van der Waals surface area contributed by atoms with Crippen LogP contribution in [0, 0.1) is 5.92 Å². The van der Waals surface area contributed by atoms with E-state index >= 15 is 0 Å². The smallest absolute Gasteiger partial charge is 0.248 e. The Labute approximate surface area is 132 Å². The molecular formula is C19H26N2O. The summed E-state index contributed by atoms with van der Waals surface area (Å²) in [5.74, 6) is 1.19. The lowest BCUT2D eigenvalue weighted by molar-refractivity contribution is 0.0671. The standard InChI is InChI=1S/C19H26N2O/c1-12-15-6-5-14(18(20)22)9-16(15)19(2)7-8-21(17(12)10-19)11-13-3-4-13/h5-6,9,12-13,17H,3-4,7-8,10-11H2,1-2H3,(H2,20,22)/t12?,17-,19+/m0/s1. The number of rotatable bonds is 3. The van der Waals surface area contributed by atoms with E-state index in [1.807, 2.05) is 6.07 Å². The highest BCUT2D eigenvalue weighted by Crippen LogP contribution is 2.50. The van der Waals surface area contributed by atoms with Gasteiger partial charge in [-0.3, -0.25) is 9.69 Å². The van der Waals surface area contributed by atoms with Crippen LogP contribution in [0.2, 0.25) is 0 Å². The first-order valence-electron chi connectivity index (χ1n) is 8.66. The number of hydrogen-bond acceptors (Lipinski definition) is 2. The molecule has 3 nitrogen and oxygen atoms in total. The van der Waals surface area contributed by atoms with E-state index in [0.717, 1.165) is 5.92 Å². The van der Waals surface area contributed by atoms with Crippen molar-refractivity contribution in [1.29, 1.82) is 0 Å². The van der Waals surface area contributed by atoms with Crippen molar-refractivity contribution in [3.8, 4) is 0 Å². The molecule has 1 aromatic carbocycles. The molecule has 3 atom stereocenters. The minimum absolute atomic E-state index is 0.206. The number of nitrogens with two attached hydrogens (primary N) is 1. The first-order chi connectivity index (χ1) is 10.5. The van der Waals surface area contributed by atoms with Crippen LogP contribution in [0.4, 0.5) is 0 Å². The minimum Gasteiger partial charge on any atom is -0.366 e. The largest absolute Gasteiger partial charge is 0.366 e. The van der Waals surface area contributed by atoms with Crippen LogP contribution in [-0.4, -0.2) is 29.9 Å². The van der Waals surface area contributed by atoms with Crippen molar-refractivity contribution in [2.45, 2.75) is 56.9 Å². The van der Waals surface area contributed by atoms with Crippen molar-refractivity contribution >= 4 is 5.91 Å². The first kappa shape index (κ1) is 14.3. The van der Waals surface area contributed by atoms with Gasteiger partial charge >= 0.3 is 0 Å². The lowest BCUT2D eigenvalue weighted by Gasteiger charge is -2.53. The highest BCUT2D eigenvalue weighted by molar-refractivity contribution is 5.93. The van der Waals surface area contributed by atoms with Gasteiger partial charge in [-0.2, -0.15) is 0 Å². The van der Waals surface area contributed by atoms with Crippen molar-refractivity contribution in [2.75, 3.05) is 13.1 Å². The summed E-state index contributed by atoms with van der Waals surface area (Å²) < 4.78 is 0. The third-order valence-corrected chi connectivity index (χ3v) is 6.32. The zero-order chi connectivity index (χ0) is 15.5. The van der Waals surface area contributed by atoms with Gasteiger partial charge in [0.1, 0.15) is 0 Å². The number of likely N-dealkylation sites (tertiary alicyclic amines) is 1. The molecule has 1 unspecified atom stereocenters. The van der Waals surface area contributed by atoms with E-state index in [0.29, 0.717) is 17.5 Å². The summed E-state index contributed by atoms with van der Waals surface area (Å²) in [4.78, 5) is 14.3. The van der Waals surface area contributed by atoms with Crippen LogP contribution in [-0.2, 0) is 5.41 Å². The van der Waals surface area contributed by atoms with E-state index in [4.69, 9.17) is 5.73 Å². The molecule has 3 heteroatoms. The molecule has 0 radical (unpaired) electrons. The van der Waals surface area contributed by atoms with Crippen molar-refractivity contribution in [2.24, 2.45) is 11.7 Å². The van der Waals surface area contributed by atoms with Gasteiger partial charge in [0.2, 0.25) is 5.91 Å². The average Bonchev–Trinajstić information content (AvgIpc) is 3.31. The summed E-state index contributed by atoms with van der Waals surface area (Å²) in [7, 11) is 0. The molecule has 4 rings (SSSR count). The maximum atomic E-state index is 11.5. The number of primary amides is 1. The number of fused-ring (bicyclic) bond motifs is 4. The van der Waals surface area contributed by atoms with Gasteiger partial charge < -0.3 is 5.73 Å². The van der Waals surface area contributed by atoms with E-state index in [1.165, 1.54) is 49.9 Å². The van der Waals surface area contributed by atoms with Gasteiger partial charge in [-0.15, -0.1) is 0 Å². The molecule has 2 aliphatic carbocycles. The van der Waals surface area contributed by atoms with Gasteiger partial charge in [-0.05, 0) is 72.7 Å². The summed E-state index contributed by atoms with van der Waals surface area (Å²) >= 11 is 0. The SMILES string of the molecule is CC1c2ccc(C(N)=O)cc2[C@]2(C)CCN(CC3CC3)[C@H]1C2. The van der Waals surface area contributed by atoms with Crippen molar-refractivity contribution in [1.82, 2.24) is 4.90 Å². The monoisotopic (exact) mass is 298 g/mol. The molecule has 1 aliphatic heterocycles. The van der Waals surface area contributed by atoms with E-state index < -0.39 is 0 Å². The predicted molar refractivity (Wildman–Crippen MR) is 88.0 cm³/mol. The number of hydrogen-bond donors (Lipinski definition) is 1. The van der Waals surface area contributed by atoms with Gasteiger partial charge in [0.25, 0.3) is 0 Å². The van der Waals surface area contributed by atoms with Gasteiger partial charge in [-0.25, -0.2) is 0 Å². The van der Waals surface area contributed by atoms with E-state index in [9.17, 15) is 4.79 Å². The van der Waals surface area contributed by atoms with Crippen LogP contribution in [0.15, 0.2) is 18.2 Å². The van der Waals surface area contributed by atoms with Crippen molar-refractivity contribution < 1.29 is 4.79 Å². The predicted octanol–water partition coefficient (Wildman–Crippen LogP) is 3.03. The minimum atomic E-state index is -0.313. The fourth-order valence-corrected chi connectivity index (χ4v) is 4.68. The van der Waals surface area contributed by atoms with Crippen LogP contribution in [0.25, 0.3) is 0 Å². The fourth-order valence-electron chi connectivity index (χ4n) is 4.68. The maximum absolute atomic E-state index is 11.5. The summed E-state index contributed by atoms with van der Waals surface area (Å²) in [5, 5.41) is 0. The molecule has 118 valence electrons. The topological polar surface area (TPSA) is 46.3 Å². The zero-order valence-corrected chi connectivity index (χ0v) is 13.6. The van der Waals surface area contributed by atoms with Crippen LogP contribution in [0.5, 0.6) is 0 Å². The Hall–Kier alpha value is -1.35. The second-order valence-corrected chi connectivity index (χ2v) is 7.98. The lowest BCUT2D eigenvalue weighted by Crippen LogP contribution is -2.54.